The van der Waals surface area contributed by atoms with Crippen molar-refractivity contribution in [2.75, 3.05) is 0 Å². The average Bonchev–Trinajstić information content (AvgIpc) is 2.90. The van der Waals surface area contributed by atoms with E-state index in [0.29, 0.717) is 0 Å². The maximum absolute atomic E-state index is 10.9. The summed E-state index contributed by atoms with van der Waals surface area (Å²) in [5, 5.41) is 10.1. The van der Waals surface area contributed by atoms with Gasteiger partial charge >= 0.3 is 5.97 Å². The van der Waals surface area contributed by atoms with Gasteiger partial charge in [0.25, 0.3) is 0 Å². The number of nitrogens with one attached hydrogen (secondary N) is 1. The molecule has 1 aromatic heterocycles. The molecule has 0 atom stereocenters. The van der Waals surface area contributed by atoms with E-state index in [-0.39, 0.29) is 11.8 Å². The molecular formula is C14H15NO2. The maximum atomic E-state index is 10.9. The second-order valence-electron chi connectivity index (χ2n) is 5.12. The van der Waals surface area contributed by atoms with Crippen LogP contribution in [0, 0.1) is 6.92 Å². The molecule has 1 heterocycles. The van der Waals surface area contributed by atoms with E-state index in [9.17, 15) is 4.79 Å². The molecule has 2 aromatic rings. The number of aromatic amines is 1. The number of H-pyrrole nitrogens is 1. The summed E-state index contributed by atoms with van der Waals surface area (Å²) < 4.78 is 0. The lowest BCUT2D eigenvalue weighted by Crippen LogP contribution is -2.13. The summed E-state index contributed by atoms with van der Waals surface area (Å²) in [6.45, 7) is 2.07. The van der Waals surface area contributed by atoms with Gasteiger partial charge in [-0.3, -0.25) is 4.79 Å². The van der Waals surface area contributed by atoms with Crippen LogP contribution in [0.15, 0.2) is 24.3 Å². The average molecular weight is 229 g/mol. The zero-order valence-electron chi connectivity index (χ0n) is 9.79. The predicted octanol–water partition coefficient (Wildman–Crippen LogP) is 2.98. The summed E-state index contributed by atoms with van der Waals surface area (Å²) in [5.74, 6) is -0.711. The number of fused-ring (bicyclic) bond motifs is 1. The number of carboxylic acid groups (broad SMARTS) is 1. The van der Waals surface area contributed by atoms with Crippen LogP contribution in [0.4, 0.5) is 0 Å². The minimum Gasteiger partial charge on any atom is -0.481 e. The van der Waals surface area contributed by atoms with Gasteiger partial charge in [0, 0.05) is 16.6 Å². The molecule has 1 aliphatic carbocycles. The summed E-state index contributed by atoms with van der Waals surface area (Å²) in [6.07, 6.45) is 2.19. The van der Waals surface area contributed by atoms with Crippen molar-refractivity contribution in [2.45, 2.75) is 31.6 Å². The predicted molar refractivity (Wildman–Crippen MR) is 66.2 cm³/mol. The van der Waals surface area contributed by atoms with Crippen LogP contribution in [0.3, 0.4) is 0 Å². The third-order valence-corrected chi connectivity index (χ3v) is 3.69. The van der Waals surface area contributed by atoms with Crippen molar-refractivity contribution in [3.63, 3.8) is 0 Å². The van der Waals surface area contributed by atoms with E-state index in [1.807, 2.05) is 0 Å². The van der Waals surface area contributed by atoms with Gasteiger partial charge in [-0.15, -0.1) is 0 Å². The number of carboxylic acids is 1. The Hall–Kier alpha value is -1.77. The number of aryl methyl sites for hydroxylation is 1. The Labute approximate surface area is 99.5 Å². The topological polar surface area (TPSA) is 53.1 Å². The van der Waals surface area contributed by atoms with Crippen molar-refractivity contribution < 1.29 is 9.90 Å². The number of carbonyl (C=O) groups is 1. The van der Waals surface area contributed by atoms with Gasteiger partial charge < -0.3 is 10.1 Å². The van der Waals surface area contributed by atoms with Crippen LogP contribution in [-0.4, -0.2) is 16.1 Å². The molecule has 2 N–H and O–H groups in total. The maximum Gasteiger partial charge on any atom is 0.304 e. The number of hydrogen-bond acceptors (Lipinski definition) is 1. The Morgan fingerprint density at radius 1 is 1.41 bits per heavy atom. The first-order chi connectivity index (χ1) is 8.09. The normalized spacial score (nSPS) is 17.2. The SMILES string of the molecule is Cc1ccc2[nH]c(C3(CC(=O)O)CC3)cc2c1. The van der Waals surface area contributed by atoms with Gasteiger partial charge in [-0.2, -0.15) is 0 Å². The van der Waals surface area contributed by atoms with Crippen LogP contribution in [0.1, 0.15) is 30.5 Å². The first kappa shape index (κ1) is 10.4. The third kappa shape index (κ3) is 1.71. The molecule has 1 fully saturated rings. The highest BCUT2D eigenvalue weighted by atomic mass is 16.4. The zero-order chi connectivity index (χ0) is 12.0. The van der Waals surface area contributed by atoms with Crippen molar-refractivity contribution >= 4 is 16.9 Å². The fourth-order valence-electron chi connectivity index (χ4n) is 2.52. The van der Waals surface area contributed by atoms with E-state index < -0.39 is 5.97 Å². The molecule has 1 saturated carbocycles. The monoisotopic (exact) mass is 229 g/mol. The number of rotatable bonds is 3. The van der Waals surface area contributed by atoms with Crippen LogP contribution in [0.2, 0.25) is 0 Å². The number of aromatic nitrogens is 1. The van der Waals surface area contributed by atoms with E-state index in [2.05, 4.69) is 36.2 Å². The molecule has 0 amide bonds. The van der Waals surface area contributed by atoms with Crippen LogP contribution in [-0.2, 0) is 10.2 Å². The Kier molecular flexibility index (Phi) is 2.05. The molecule has 1 aromatic carbocycles. The smallest absolute Gasteiger partial charge is 0.304 e. The summed E-state index contributed by atoms with van der Waals surface area (Å²) in [4.78, 5) is 14.3. The van der Waals surface area contributed by atoms with E-state index in [0.717, 1.165) is 24.1 Å². The van der Waals surface area contributed by atoms with Crippen molar-refractivity contribution in [3.8, 4) is 0 Å². The van der Waals surface area contributed by atoms with Gasteiger partial charge in [-0.05, 0) is 43.4 Å². The fraction of sp³-hybridized carbons (Fsp3) is 0.357. The summed E-state index contributed by atoms with van der Waals surface area (Å²) in [7, 11) is 0. The van der Waals surface area contributed by atoms with Crippen molar-refractivity contribution in [2.24, 2.45) is 0 Å². The molecule has 88 valence electrons. The number of benzene rings is 1. The van der Waals surface area contributed by atoms with Crippen LogP contribution < -0.4 is 0 Å². The largest absolute Gasteiger partial charge is 0.481 e. The van der Waals surface area contributed by atoms with Crippen molar-refractivity contribution in [1.82, 2.24) is 4.98 Å². The van der Waals surface area contributed by atoms with Gasteiger partial charge in [-0.25, -0.2) is 0 Å². The van der Waals surface area contributed by atoms with Crippen LogP contribution in [0.5, 0.6) is 0 Å². The highest BCUT2D eigenvalue weighted by molar-refractivity contribution is 5.82. The lowest BCUT2D eigenvalue weighted by atomic mass is 9.98. The Morgan fingerprint density at radius 2 is 2.18 bits per heavy atom. The van der Waals surface area contributed by atoms with Gasteiger partial charge in [-0.1, -0.05) is 11.6 Å². The molecule has 0 saturated heterocycles. The molecule has 3 rings (SSSR count). The van der Waals surface area contributed by atoms with Crippen LogP contribution >= 0.6 is 0 Å². The standard InChI is InChI=1S/C14H15NO2/c1-9-2-3-11-10(6-9)7-12(15-11)14(4-5-14)8-13(16)17/h2-3,6-7,15H,4-5,8H2,1H3,(H,16,17). The highest BCUT2D eigenvalue weighted by Crippen LogP contribution is 2.51. The first-order valence-corrected chi connectivity index (χ1v) is 5.91. The molecule has 0 unspecified atom stereocenters. The fourth-order valence-corrected chi connectivity index (χ4v) is 2.52. The second-order valence-corrected chi connectivity index (χ2v) is 5.12. The first-order valence-electron chi connectivity index (χ1n) is 5.91. The van der Waals surface area contributed by atoms with Crippen molar-refractivity contribution in [3.05, 3.63) is 35.5 Å². The Balaban J connectivity index is 2.04. The molecule has 0 radical (unpaired) electrons. The summed E-state index contributed by atoms with van der Waals surface area (Å²) in [5.41, 5.74) is 3.28. The third-order valence-electron chi connectivity index (χ3n) is 3.69. The molecule has 0 bridgehead atoms. The quantitative estimate of drug-likeness (QED) is 0.850. The van der Waals surface area contributed by atoms with E-state index in [1.54, 1.807) is 0 Å². The zero-order valence-corrected chi connectivity index (χ0v) is 9.79. The molecular weight excluding hydrogens is 214 g/mol. The van der Waals surface area contributed by atoms with Gasteiger partial charge in [0.05, 0.1) is 6.42 Å². The van der Waals surface area contributed by atoms with E-state index in [1.165, 1.54) is 10.9 Å². The highest BCUT2D eigenvalue weighted by Gasteiger charge is 2.47. The molecule has 0 spiro atoms. The van der Waals surface area contributed by atoms with E-state index >= 15 is 0 Å². The van der Waals surface area contributed by atoms with E-state index in [4.69, 9.17) is 5.11 Å². The summed E-state index contributed by atoms with van der Waals surface area (Å²) in [6, 6.07) is 8.37. The molecule has 17 heavy (non-hydrogen) atoms. The molecule has 3 heteroatoms. The lowest BCUT2D eigenvalue weighted by Gasteiger charge is -2.09. The second kappa shape index (κ2) is 3.36. The molecule has 0 aliphatic heterocycles. The van der Waals surface area contributed by atoms with Crippen molar-refractivity contribution in [1.29, 1.82) is 0 Å². The Bertz CT molecular complexity index is 593. The van der Waals surface area contributed by atoms with Crippen LogP contribution in [0.25, 0.3) is 10.9 Å². The van der Waals surface area contributed by atoms with Gasteiger partial charge in [0.1, 0.15) is 0 Å². The minimum atomic E-state index is -0.711. The Morgan fingerprint density at radius 3 is 2.82 bits per heavy atom. The lowest BCUT2D eigenvalue weighted by molar-refractivity contribution is -0.137. The minimum absolute atomic E-state index is 0.126. The number of aliphatic carboxylic acids is 1. The molecule has 1 aliphatic rings. The molecule has 3 nitrogen and oxygen atoms in total. The number of hydrogen-bond donors (Lipinski definition) is 2. The summed E-state index contributed by atoms with van der Waals surface area (Å²) >= 11 is 0. The van der Waals surface area contributed by atoms with Gasteiger partial charge in [0.15, 0.2) is 0 Å². The van der Waals surface area contributed by atoms with Gasteiger partial charge in [0.2, 0.25) is 0 Å².